The van der Waals surface area contributed by atoms with Crippen LogP contribution in [-0.2, 0) is 14.8 Å². The molecule has 1 aromatic carbocycles. The molecule has 1 aromatic rings. The third-order valence-electron chi connectivity index (χ3n) is 3.72. The van der Waals surface area contributed by atoms with Crippen LogP contribution < -0.4 is 10.0 Å². The standard InChI is InChI=1S/C15H23N3O4S.2ClH/c1-22-15(19)13-4-2-5-14(12-13)23(20,21)17-6-3-9-18-10-7-16-8-11-18;;/h2,4-5,12,16-17H,3,6-11H2,1H3;2*1H. The molecule has 7 nitrogen and oxygen atoms in total. The number of benzene rings is 1. The summed E-state index contributed by atoms with van der Waals surface area (Å²) in [5, 5.41) is 3.28. The Morgan fingerprint density at radius 3 is 2.60 bits per heavy atom. The monoisotopic (exact) mass is 413 g/mol. The molecule has 0 radical (unpaired) electrons. The van der Waals surface area contributed by atoms with Crippen molar-refractivity contribution in [1.29, 1.82) is 0 Å². The van der Waals surface area contributed by atoms with Crippen molar-refractivity contribution < 1.29 is 17.9 Å². The van der Waals surface area contributed by atoms with Crippen LogP contribution in [0.4, 0.5) is 0 Å². The second kappa shape index (κ2) is 11.7. The number of hydrogen-bond acceptors (Lipinski definition) is 6. The van der Waals surface area contributed by atoms with Gasteiger partial charge in [-0.05, 0) is 31.2 Å². The van der Waals surface area contributed by atoms with Crippen LogP contribution >= 0.6 is 24.8 Å². The van der Waals surface area contributed by atoms with Crippen LogP contribution in [0, 0.1) is 0 Å². The van der Waals surface area contributed by atoms with Crippen molar-refractivity contribution in [2.24, 2.45) is 0 Å². The third-order valence-corrected chi connectivity index (χ3v) is 5.18. The highest BCUT2D eigenvalue weighted by Gasteiger charge is 2.16. The van der Waals surface area contributed by atoms with Gasteiger partial charge < -0.3 is 15.0 Å². The fourth-order valence-electron chi connectivity index (χ4n) is 2.44. The molecule has 1 saturated heterocycles. The molecule has 25 heavy (non-hydrogen) atoms. The largest absolute Gasteiger partial charge is 0.465 e. The highest BCUT2D eigenvalue weighted by Crippen LogP contribution is 2.12. The van der Waals surface area contributed by atoms with Crippen LogP contribution in [0.2, 0.25) is 0 Å². The Labute approximate surface area is 161 Å². The maximum Gasteiger partial charge on any atom is 0.337 e. The van der Waals surface area contributed by atoms with Gasteiger partial charge in [0.25, 0.3) is 0 Å². The fourth-order valence-corrected chi connectivity index (χ4v) is 3.55. The van der Waals surface area contributed by atoms with Gasteiger partial charge in [0.05, 0.1) is 17.6 Å². The number of carbonyl (C=O) groups excluding carboxylic acids is 1. The second-order valence-electron chi connectivity index (χ2n) is 5.36. The summed E-state index contributed by atoms with van der Waals surface area (Å²) in [6.07, 6.45) is 0.746. The van der Waals surface area contributed by atoms with Gasteiger partial charge >= 0.3 is 5.97 Å². The van der Waals surface area contributed by atoms with E-state index < -0.39 is 16.0 Å². The molecule has 0 aromatic heterocycles. The van der Waals surface area contributed by atoms with Gasteiger partial charge in [0, 0.05) is 32.7 Å². The number of piperazine rings is 1. The van der Waals surface area contributed by atoms with Gasteiger partial charge in [-0.3, -0.25) is 0 Å². The summed E-state index contributed by atoms with van der Waals surface area (Å²) >= 11 is 0. The zero-order valence-corrected chi connectivity index (χ0v) is 16.5. The summed E-state index contributed by atoms with van der Waals surface area (Å²) in [7, 11) is -2.35. The molecular formula is C15H25Cl2N3O4S. The molecule has 0 amide bonds. The number of rotatable bonds is 7. The topological polar surface area (TPSA) is 87.7 Å². The minimum absolute atomic E-state index is 0. The normalized spacial score (nSPS) is 14.9. The van der Waals surface area contributed by atoms with Crippen LogP contribution in [0.3, 0.4) is 0 Å². The van der Waals surface area contributed by atoms with E-state index in [9.17, 15) is 13.2 Å². The Balaban J connectivity index is 0.00000288. The van der Waals surface area contributed by atoms with Crippen molar-refractivity contribution in [3.05, 3.63) is 29.8 Å². The first-order chi connectivity index (χ1) is 11.0. The van der Waals surface area contributed by atoms with Gasteiger partial charge in [0.2, 0.25) is 10.0 Å². The molecule has 0 unspecified atom stereocenters. The van der Waals surface area contributed by atoms with Gasteiger partial charge in [-0.2, -0.15) is 0 Å². The van der Waals surface area contributed by atoms with E-state index in [0.29, 0.717) is 6.54 Å². The van der Waals surface area contributed by atoms with E-state index >= 15 is 0 Å². The Morgan fingerprint density at radius 2 is 1.96 bits per heavy atom. The first-order valence-corrected chi connectivity index (χ1v) is 9.12. The predicted octanol–water partition coefficient (Wildman–Crippen LogP) is 0.890. The zero-order valence-electron chi connectivity index (χ0n) is 14.1. The summed E-state index contributed by atoms with van der Waals surface area (Å²) in [5.74, 6) is -0.555. The van der Waals surface area contributed by atoms with E-state index in [4.69, 9.17) is 0 Å². The van der Waals surface area contributed by atoms with Crippen molar-refractivity contribution in [1.82, 2.24) is 14.9 Å². The molecular weight excluding hydrogens is 389 g/mol. The minimum atomic E-state index is -3.62. The van der Waals surface area contributed by atoms with E-state index in [-0.39, 0.29) is 35.3 Å². The van der Waals surface area contributed by atoms with Crippen LogP contribution in [-0.4, -0.2) is 65.7 Å². The third kappa shape index (κ3) is 7.47. The SMILES string of the molecule is COC(=O)c1cccc(S(=O)(=O)NCCCN2CCNCC2)c1.Cl.Cl. The number of hydrogen-bond donors (Lipinski definition) is 2. The number of nitrogens with zero attached hydrogens (tertiary/aromatic N) is 1. The fraction of sp³-hybridized carbons (Fsp3) is 0.533. The lowest BCUT2D eigenvalue weighted by Crippen LogP contribution is -2.44. The van der Waals surface area contributed by atoms with E-state index in [0.717, 1.165) is 39.1 Å². The molecule has 1 fully saturated rings. The molecule has 2 N–H and O–H groups in total. The zero-order chi connectivity index (χ0) is 16.7. The smallest absolute Gasteiger partial charge is 0.337 e. The molecule has 0 spiro atoms. The maximum atomic E-state index is 12.3. The van der Waals surface area contributed by atoms with Gasteiger partial charge in [-0.25, -0.2) is 17.9 Å². The van der Waals surface area contributed by atoms with Gasteiger partial charge in [0.15, 0.2) is 0 Å². The van der Waals surface area contributed by atoms with Crippen LogP contribution in [0.1, 0.15) is 16.8 Å². The lowest BCUT2D eigenvalue weighted by atomic mass is 10.2. The van der Waals surface area contributed by atoms with Gasteiger partial charge in [-0.15, -0.1) is 24.8 Å². The number of carbonyl (C=O) groups is 1. The van der Waals surface area contributed by atoms with Crippen molar-refractivity contribution in [2.75, 3.05) is 46.4 Å². The summed E-state index contributed by atoms with van der Waals surface area (Å²) < 4.78 is 31.7. The Kier molecular flexibility index (Phi) is 11.2. The van der Waals surface area contributed by atoms with Crippen LogP contribution in [0.5, 0.6) is 0 Å². The number of esters is 1. The molecule has 0 aliphatic carbocycles. The first-order valence-electron chi connectivity index (χ1n) is 7.64. The number of methoxy groups -OCH3 is 1. The molecule has 0 bridgehead atoms. The molecule has 144 valence electrons. The van der Waals surface area contributed by atoms with E-state index in [2.05, 4.69) is 19.7 Å². The highest BCUT2D eigenvalue weighted by atomic mass is 35.5. The average Bonchev–Trinajstić information content (AvgIpc) is 2.59. The first kappa shape index (κ1) is 24.1. The molecule has 10 heteroatoms. The minimum Gasteiger partial charge on any atom is -0.465 e. The summed E-state index contributed by atoms with van der Waals surface area (Å²) in [4.78, 5) is 13.9. The Morgan fingerprint density at radius 1 is 1.28 bits per heavy atom. The van der Waals surface area contributed by atoms with Crippen molar-refractivity contribution >= 4 is 40.8 Å². The van der Waals surface area contributed by atoms with Gasteiger partial charge in [-0.1, -0.05) is 6.07 Å². The molecule has 1 aliphatic rings. The summed E-state index contributed by atoms with van der Waals surface area (Å²) in [5.41, 5.74) is 0.219. The lowest BCUT2D eigenvalue weighted by Gasteiger charge is -2.27. The summed E-state index contributed by atoms with van der Waals surface area (Å²) in [6, 6.07) is 5.84. The van der Waals surface area contributed by atoms with E-state index in [1.165, 1.54) is 31.4 Å². The van der Waals surface area contributed by atoms with E-state index in [1.807, 2.05) is 0 Å². The summed E-state index contributed by atoms with van der Waals surface area (Å²) in [6.45, 7) is 5.18. The van der Waals surface area contributed by atoms with Crippen molar-refractivity contribution in [2.45, 2.75) is 11.3 Å². The predicted molar refractivity (Wildman–Crippen MR) is 101 cm³/mol. The molecule has 1 aliphatic heterocycles. The lowest BCUT2D eigenvalue weighted by molar-refractivity contribution is 0.0600. The molecule has 0 saturated carbocycles. The Bertz CT molecular complexity index is 637. The van der Waals surface area contributed by atoms with Crippen LogP contribution in [0.25, 0.3) is 0 Å². The quantitative estimate of drug-likeness (QED) is 0.509. The second-order valence-corrected chi connectivity index (χ2v) is 7.13. The van der Waals surface area contributed by atoms with Crippen molar-refractivity contribution in [3.8, 4) is 0 Å². The van der Waals surface area contributed by atoms with Crippen molar-refractivity contribution in [3.63, 3.8) is 0 Å². The maximum absolute atomic E-state index is 12.3. The molecule has 2 rings (SSSR count). The number of sulfonamides is 1. The average molecular weight is 414 g/mol. The van der Waals surface area contributed by atoms with E-state index in [1.54, 1.807) is 0 Å². The number of ether oxygens (including phenoxy) is 1. The molecule has 1 heterocycles. The van der Waals surface area contributed by atoms with Crippen LogP contribution in [0.15, 0.2) is 29.2 Å². The Hall–Kier alpha value is -0.900. The molecule has 0 atom stereocenters. The van der Waals surface area contributed by atoms with Gasteiger partial charge in [0.1, 0.15) is 0 Å². The highest BCUT2D eigenvalue weighted by molar-refractivity contribution is 7.89. The number of halogens is 2. The number of nitrogens with one attached hydrogen (secondary N) is 2.